The zero-order valence-electron chi connectivity index (χ0n) is 17.3. The Hall–Kier alpha value is -3.67. The predicted molar refractivity (Wildman–Crippen MR) is 116 cm³/mol. The van der Waals surface area contributed by atoms with Crippen LogP contribution in [0.1, 0.15) is 32.9 Å². The molecular formula is C24H24N4O2. The quantitative estimate of drug-likeness (QED) is 0.529. The summed E-state index contributed by atoms with van der Waals surface area (Å²) in [6, 6.07) is 19.5. The Morgan fingerprint density at radius 3 is 2.50 bits per heavy atom. The number of benzene rings is 2. The number of aryl methyl sites for hydroxylation is 3. The van der Waals surface area contributed by atoms with E-state index in [1.165, 1.54) is 0 Å². The molecule has 6 heteroatoms. The number of fused-ring (bicyclic) bond motifs is 1. The summed E-state index contributed by atoms with van der Waals surface area (Å²) in [5, 5.41) is 8.26. The molecule has 0 fully saturated rings. The van der Waals surface area contributed by atoms with E-state index in [-0.39, 0.29) is 5.91 Å². The number of ether oxygens (including phenoxy) is 1. The lowest BCUT2D eigenvalue weighted by atomic mass is 10.1. The summed E-state index contributed by atoms with van der Waals surface area (Å²) >= 11 is 0. The van der Waals surface area contributed by atoms with Crippen molar-refractivity contribution in [3.63, 3.8) is 0 Å². The first-order valence-corrected chi connectivity index (χ1v) is 9.86. The molecule has 30 heavy (non-hydrogen) atoms. The molecule has 0 saturated carbocycles. The highest BCUT2D eigenvalue weighted by atomic mass is 16.5. The van der Waals surface area contributed by atoms with E-state index >= 15 is 0 Å². The standard InChI is InChI=1S/C24H24N4O2/c1-16-13-21(22-17(2)27-28(3)23(22)26-16)24(29)25-14-18-9-7-8-10-19(18)15-30-20-11-5-4-6-12-20/h4-13H,14-15H2,1-3H3,(H,25,29). The molecule has 0 bridgehead atoms. The summed E-state index contributed by atoms with van der Waals surface area (Å²) in [7, 11) is 1.84. The molecule has 0 spiro atoms. The van der Waals surface area contributed by atoms with Crippen LogP contribution in [0.4, 0.5) is 0 Å². The molecule has 0 aliphatic heterocycles. The van der Waals surface area contributed by atoms with E-state index in [2.05, 4.69) is 15.4 Å². The van der Waals surface area contributed by atoms with Crippen LogP contribution in [0, 0.1) is 13.8 Å². The van der Waals surface area contributed by atoms with Gasteiger partial charge in [0.25, 0.3) is 5.91 Å². The van der Waals surface area contributed by atoms with Crippen LogP contribution in [0.25, 0.3) is 11.0 Å². The molecule has 152 valence electrons. The van der Waals surface area contributed by atoms with Gasteiger partial charge in [0.05, 0.1) is 16.6 Å². The molecule has 0 unspecified atom stereocenters. The van der Waals surface area contributed by atoms with Gasteiger partial charge in [0.2, 0.25) is 0 Å². The highest BCUT2D eigenvalue weighted by Crippen LogP contribution is 2.22. The molecule has 2 heterocycles. The Kier molecular flexibility index (Phi) is 5.48. The van der Waals surface area contributed by atoms with Crippen LogP contribution >= 0.6 is 0 Å². The van der Waals surface area contributed by atoms with Crippen molar-refractivity contribution in [2.75, 3.05) is 0 Å². The summed E-state index contributed by atoms with van der Waals surface area (Å²) < 4.78 is 7.60. The Balaban J connectivity index is 1.52. The fraction of sp³-hybridized carbons (Fsp3) is 0.208. The first kappa shape index (κ1) is 19.6. The molecule has 6 nitrogen and oxygen atoms in total. The highest BCUT2D eigenvalue weighted by Gasteiger charge is 2.18. The SMILES string of the molecule is Cc1cc(C(=O)NCc2ccccc2COc2ccccc2)c2c(C)nn(C)c2n1. The van der Waals surface area contributed by atoms with Crippen molar-refractivity contribution >= 4 is 16.9 Å². The van der Waals surface area contributed by atoms with E-state index in [9.17, 15) is 4.79 Å². The van der Waals surface area contributed by atoms with Crippen molar-refractivity contribution < 1.29 is 9.53 Å². The van der Waals surface area contributed by atoms with E-state index < -0.39 is 0 Å². The number of para-hydroxylation sites is 1. The molecule has 0 radical (unpaired) electrons. The Morgan fingerprint density at radius 1 is 1.03 bits per heavy atom. The summed E-state index contributed by atoms with van der Waals surface area (Å²) in [5.74, 6) is 0.679. The number of aromatic nitrogens is 3. The number of amides is 1. The van der Waals surface area contributed by atoms with Gasteiger partial charge in [0.1, 0.15) is 12.4 Å². The molecule has 1 amide bonds. The maximum atomic E-state index is 13.0. The third kappa shape index (κ3) is 4.03. The fourth-order valence-corrected chi connectivity index (χ4v) is 3.57. The number of nitrogens with one attached hydrogen (secondary N) is 1. The summed E-state index contributed by atoms with van der Waals surface area (Å²) in [5.41, 5.74) is 4.95. The highest BCUT2D eigenvalue weighted by molar-refractivity contribution is 6.06. The number of pyridine rings is 1. The van der Waals surface area contributed by atoms with Crippen molar-refractivity contribution in [1.29, 1.82) is 0 Å². The third-order valence-electron chi connectivity index (χ3n) is 5.04. The molecule has 0 aliphatic rings. The zero-order valence-corrected chi connectivity index (χ0v) is 17.3. The minimum atomic E-state index is -0.139. The summed E-state index contributed by atoms with van der Waals surface area (Å²) in [6.45, 7) is 4.63. The van der Waals surface area contributed by atoms with E-state index in [4.69, 9.17) is 4.74 Å². The number of carbonyl (C=O) groups is 1. The van der Waals surface area contributed by atoms with Crippen LogP contribution in [0.15, 0.2) is 60.7 Å². The van der Waals surface area contributed by atoms with Crippen LogP contribution in [0.2, 0.25) is 0 Å². The van der Waals surface area contributed by atoms with Crippen molar-refractivity contribution in [2.45, 2.75) is 27.0 Å². The monoisotopic (exact) mass is 400 g/mol. The normalized spacial score (nSPS) is 10.9. The van der Waals surface area contributed by atoms with Crippen LogP contribution in [-0.2, 0) is 20.2 Å². The third-order valence-corrected chi connectivity index (χ3v) is 5.04. The maximum Gasteiger partial charge on any atom is 0.252 e. The van der Waals surface area contributed by atoms with Gasteiger partial charge in [-0.3, -0.25) is 9.48 Å². The lowest BCUT2D eigenvalue weighted by Crippen LogP contribution is -2.24. The summed E-state index contributed by atoms with van der Waals surface area (Å²) in [4.78, 5) is 17.6. The van der Waals surface area contributed by atoms with Crippen LogP contribution < -0.4 is 10.1 Å². The lowest BCUT2D eigenvalue weighted by molar-refractivity contribution is 0.0952. The largest absolute Gasteiger partial charge is 0.489 e. The second kappa shape index (κ2) is 8.37. The van der Waals surface area contributed by atoms with Gasteiger partial charge in [-0.1, -0.05) is 42.5 Å². The van der Waals surface area contributed by atoms with Gasteiger partial charge in [-0.15, -0.1) is 0 Å². The maximum absolute atomic E-state index is 13.0. The molecule has 2 aromatic heterocycles. The number of hydrogen-bond donors (Lipinski definition) is 1. The molecule has 4 rings (SSSR count). The van der Waals surface area contributed by atoms with Gasteiger partial charge in [0.15, 0.2) is 5.65 Å². The van der Waals surface area contributed by atoms with Crippen molar-refractivity contribution in [3.05, 3.63) is 88.7 Å². The second-order valence-electron chi connectivity index (χ2n) is 7.27. The molecule has 4 aromatic rings. The van der Waals surface area contributed by atoms with Gasteiger partial charge in [0, 0.05) is 19.3 Å². The molecular weight excluding hydrogens is 376 g/mol. The van der Waals surface area contributed by atoms with E-state index in [1.54, 1.807) is 4.68 Å². The Bertz CT molecular complexity index is 1200. The Morgan fingerprint density at radius 2 is 1.73 bits per heavy atom. The first-order valence-electron chi connectivity index (χ1n) is 9.86. The Labute approximate surface area is 175 Å². The fourth-order valence-electron chi connectivity index (χ4n) is 3.57. The molecule has 0 aliphatic carbocycles. The van der Waals surface area contributed by atoms with Gasteiger partial charge >= 0.3 is 0 Å². The number of carbonyl (C=O) groups excluding carboxylic acids is 1. The molecule has 0 saturated heterocycles. The number of nitrogens with zero attached hydrogens (tertiary/aromatic N) is 3. The van der Waals surface area contributed by atoms with Crippen molar-refractivity contribution in [1.82, 2.24) is 20.1 Å². The molecule has 1 N–H and O–H groups in total. The van der Waals surface area contributed by atoms with Crippen LogP contribution in [0.5, 0.6) is 5.75 Å². The summed E-state index contributed by atoms with van der Waals surface area (Å²) in [6.07, 6.45) is 0. The van der Waals surface area contributed by atoms with Gasteiger partial charge in [-0.25, -0.2) is 4.98 Å². The van der Waals surface area contributed by atoms with Gasteiger partial charge < -0.3 is 10.1 Å². The van der Waals surface area contributed by atoms with Gasteiger partial charge in [-0.05, 0) is 43.2 Å². The first-order chi connectivity index (χ1) is 14.5. The minimum Gasteiger partial charge on any atom is -0.489 e. The van der Waals surface area contributed by atoms with Crippen LogP contribution in [0.3, 0.4) is 0 Å². The molecule has 2 aromatic carbocycles. The van der Waals surface area contributed by atoms with E-state index in [1.807, 2.05) is 81.6 Å². The van der Waals surface area contributed by atoms with E-state index in [0.717, 1.165) is 33.7 Å². The lowest BCUT2D eigenvalue weighted by Gasteiger charge is -2.13. The number of hydrogen-bond acceptors (Lipinski definition) is 4. The van der Waals surface area contributed by atoms with Crippen molar-refractivity contribution in [3.8, 4) is 5.75 Å². The number of rotatable bonds is 6. The smallest absolute Gasteiger partial charge is 0.252 e. The van der Waals surface area contributed by atoms with E-state index in [0.29, 0.717) is 24.4 Å². The van der Waals surface area contributed by atoms with Crippen LogP contribution in [-0.4, -0.2) is 20.7 Å². The molecule has 0 atom stereocenters. The van der Waals surface area contributed by atoms with Crippen molar-refractivity contribution in [2.24, 2.45) is 7.05 Å². The second-order valence-corrected chi connectivity index (χ2v) is 7.27. The minimum absolute atomic E-state index is 0.139. The average molecular weight is 400 g/mol. The average Bonchev–Trinajstić information content (AvgIpc) is 3.04. The topological polar surface area (TPSA) is 69.0 Å². The zero-order chi connectivity index (χ0) is 21.1. The predicted octanol–water partition coefficient (Wildman–Crippen LogP) is 4.09. The van der Waals surface area contributed by atoms with Gasteiger partial charge in [-0.2, -0.15) is 5.10 Å².